The number of anilines is 1. The summed E-state index contributed by atoms with van der Waals surface area (Å²) in [5.74, 6) is 1.33. The second-order valence-corrected chi connectivity index (χ2v) is 7.64. The van der Waals surface area contributed by atoms with Crippen molar-refractivity contribution < 1.29 is 14.3 Å². The Hall–Kier alpha value is -3.38. The molecule has 1 saturated heterocycles. The van der Waals surface area contributed by atoms with Gasteiger partial charge in [0, 0.05) is 48.5 Å². The van der Waals surface area contributed by atoms with Crippen LogP contribution in [0.4, 0.5) is 5.82 Å². The molecule has 4 rings (SSSR count). The van der Waals surface area contributed by atoms with Gasteiger partial charge in [0.25, 0.3) is 5.91 Å². The minimum atomic E-state index is -0.0925. The standard InChI is InChI=1S/C24H22ClN3O3/c25-20-8-4-18(5-9-20)24(30)19-6-10-21(11-7-19)31-17-23(29)28-15-13-27(14-16-28)22-3-1-2-12-26-22/h1-12H,13-17H2. The van der Waals surface area contributed by atoms with Crippen molar-refractivity contribution in [1.82, 2.24) is 9.88 Å². The summed E-state index contributed by atoms with van der Waals surface area (Å²) in [6, 6.07) is 19.4. The quantitative estimate of drug-likeness (QED) is 0.552. The lowest BCUT2D eigenvalue weighted by atomic mass is 10.0. The fraction of sp³-hybridized carbons (Fsp3) is 0.208. The molecule has 1 aliphatic heterocycles. The molecule has 31 heavy (non-hydrogen) atoms. The molecule has 1 aliphatic rings. The molecule has 3 aromatic rings. The number of pyridine rings is 1. The molecule has 6 nitrogen and oxygen atoms in total. The van der Waals surface area contributed by atoms with E-state index >= 15 is 0 Å². The van der Waals surface area contributed by atoms with Crippen molar-refractivity contribution in [3.63, 3.8) is 0 Å². The molecule has 0 aliphatic carbocycles. The van der Waals surface area contributed by atoms with E-state index in [1.165, 1.54) is 0 Å². The molecule has 1 amide bonds. The van der Waals surface area contributed by atoms with Crippen LogP contribution >= 0.6 is 11.6 Å². The summed E-state index contributed by atoms with van der Waals surface area (Å²) in [4.78, 5) is 33.4. The third-order valence-electron chi connectivity index (χ3n) is 5.19. The van der Waals surface area contributed by atoms with Gasteiger partial charge in [0.05, 0.1) is 0 Å². The molecule has 7 heteroatoms. The molecule has 0 radical (unpaired) electrons. The van der Waals surface area contributed by atoms with Gasteiger partial charge in [-0.05, 0) is 60.7 Å². The molecule has 0 N–H and O–H groups in total. The Morgan fingerprint density at radius 1 is 0.871 bits per heavy atom. The average Bonchev–Trinajstić information content (AvgIpc) is 2.83. The molecular formula is C24H22ClN3O3. The molecule has 1 fully saturated rings. The number of halogens is 1. The number of piperazine rings is 1. The molecule has 2 heterocycles. The first kappa shape index (κ1) is 20.9. The highest BCUT2D eigenvalue weighted by Crippen LogP contribution is 2.18. The van der Waals surface area contributed by atoms with Gasteiger partial charge < -0.3 is 14.5 Å². The Kier molecular flexibility index (Phi) is 6.48. The van der Waals surface area contributed by atoms with Crippen molar-refractivity contribution in [3.8, 4) is 5.75 Å². The summed E-state index contributed by atoms with van der Waals surface area (Å²) in [6.45, 7) is 2.71. The normalized spacial score (nSPS) is 13.7. The van der Waals surface area contributed by atoms with Crippen LogP contribution in [-0.4, -0.2) is 54.4 Å². The fourth-order valence-electron chi connectivity index (χ4n) is 3.43. The van der Waals surface area contributed by atoms with Crippen LogP contribution < -0.4 is 9.64 Å². The van der Waals surface area contributed by atoms with Crippen LogP contribution in [0.2, 0.25) is 5.02 Å². The van der Waals surface area contributed by atoms with Crippen LogP contribution in [0.15, 0.2) is 72.9 Å². The number of ether oxygens (including phenoxy) is 1. The van der Waals surface area contributed by atoms with E-state index in [0.717, 1.165) is 18.9 Å². The van der Waals surface area contributed by atoms with Crippen LogP contribution in [0, 0.1) is 0 Å². The van der Waals surface area contributed by atoms with E-state index in [2.05, 4.69) is 9.88 Å². The summed E-state index contributed by atoms with van der Waals surface area (Å²) in [5.41, 5.74) is 1.12. The van der Waals surface area contributed by atoms with Crippen LogP contribution in [0.25, 0.3) is 0 Å². The smallest absolute Gasteiger partial charge is 0.260 e. The van der Waals surface area contributed by atoms with Crippen molar-refractivity contribution in [2.24, 2.45) is 0 Å². The van der Waals surface area contributed by atoms with Crippen molar-refractivity contribution in [3.05, 3.63) is 89.1 Å². The van der Waals surface area contributed by atoms with E-state index in [0.29, 0.717) is 35.0 Å². The highest BCUT2D eigenvalue weighted by Gasteiger charge is 2.22. The second-order valence-electron chi connectivity index (χ2n) is 7.20. The van der Waals surface area contributed by atoms with Gasteiger partial charge in [0.1, 0.15) is 11.6 Å². The SMILES string of the molecule is O=C(c1ccc(Cl)cc1)c1ccc(OCC(=O)N2CCN(c3ccccn3)CC2)cc1. The highest BCUT2D eigenvalue weighted by molar-refractivity contribution is 6.30. The van der Waals surface area contributed by atoms with Gasteiger partial charge in [-0.2, -0.15) is 0 Å². The molecule has 1 aromatic heterocycles. The number of rotatable bonds is 6. The zero-order chi connectivity index (χ0) is 21.6. The summed E-state index contributed by atoms with van der Waals surface area (Å²) < 4.78 is 5.64. The predicted octanol–water partition coefficient (Wildman–Crippen LogP) is 3.69. The monoisotopic (exact) mass is 435 g/mol. The third-order valence-corrected chi connectivity index (χ3v) is 5.44. The minimum absolute atomic E-state index is 0.0337. The summed E-state index contributed by atoms with van der Waals surface area (Å²) in [6.07, 6.45) is 1.77. The van der Waals surface area contributed by atoms with Gasteiger partial charge in [0.15, 0.2) is 12.4 Å². The van der Waals surface area contributed by atoms with E-state index < -0.39 is 0 Å². The first-order valence-electron chi connectivity index (χ1n) is 10.1. The Morgan fingerprint density at radius 2 is 1.52 bits per heavy atom. The van der Waals surface area contributed by atoms with E-state index in [1.807, 2.05) is 18.2 Å². The topological polar surface area (TPSA) is 62.7 Å². The second kappa shape index (κ2) is 9.62. The maximum absolute atomic E-state index is 12.5. The van der Waals surface area contributed by atoms with Gasteiger partial charge in [-0.25, -0.2) is 4.98 Å². The number of hydrogen-bond donors (Lipinski definition) is 0. The summed E-state index contributed by atoms with van der Waals surface area (Å²) >= 11 is 5.87. The molecule has 0 bridgehead atoms. The number of carbonyl (C=O) groups is 2. The molecular weight excluding hydrogens is 414 g/mol. The number of nitrogens with zero attached hydrogens (tertiary/aromatic N) is 3. The third kappa shape index (κ3) is 5.22. The first-order valence-corrected chi connectivity index (χ1v) is 10.4. The Morgan fingerprint density at radius 3 is 2.13 bits per heavy atom. The van der Waals surface area contributed by atoms with Gasteiger partial charge in [-0.15, -0.1) is 0 Å². The zero-order valence-corrected chi connectivity index (χ0v) is 17.7. The van der Waals surface area contributed by atoms with Gasteiger partial charge in [-0.3, -0.25) is 9.59 Å². The van der Waals surface area contributed by atoms with Crippen molar-refractivity contribution in [1.29, 1.82) is 0 Å². The largest absolute Gasteiger partial charge is 0.484 e. The lowest BCUT2D eigenvalue weighted by Gasteiger charge is -2.35. The molecule has 0 spiro atoms. The summed E-state index contributed by atoms with van der Waals surface area (Å²) in [5, 5.41) is 0.586. The van der Waals surface area contributed by atoms with E-state index in [-0.39, 0.29) is 18.3 Å². The lowest BCUT2D eigenvalue weighted by molar-refractivity contribution is -0.133. The van der Waals surface area contributed by atoms with Gasteiger partial charge >= 0.3 is 0 Å². The van der Waals surface area contributed by atoms with E-state index in [1.54, 1.807) is 59.6 Å². The molecule has 0 unspecified atom stereocenters. The number of hydrogen-bond acceptors (Lipinski definition) is 5. The number of ketones is 1. The Balaban J connectivity index is 1.27. The van der Waals surface area contributed by atoms with E-state index in [4.69, 9.17) is 16.3 Å². The minimum Gasteiger partial charge on any atom is -0.484 e. The maximum atomic E-state index is 12.5. The van der Waals surface area contributed by atoms with Crippen LogP contribution in [0.5, 0.6) is 5.75 Å². The predicted molar refractivity (Wildman–Crippen MR) is 120 cm³/mol. The Labute approximate surface area is 186 Å². The van der Waals surface area contributed by atoms with Crippen molar-refractivity contribution in [2.75, 3.05) is 37.7 Å². The number of amides is 1. The van der Waals surface area contributed by atoms with E-state index in [9.17, 15) is 9.59 Å². The molecule has 0 saturated carbocycles. The molecule has 158 valence electrons. The molecule has 0 atom stereocenters. The number of benzene rings is 2. The van der Waals surface area contributed by atoms with Crippen molar-refractivity contribution in [2.45, 2.75) is 0 Å². The van der Waals surface area contributed by atoms with Crippen LogP contribution in [-0.2, 0) is 4.79 Å². The lowest BCUT2D eigenvalue weighted by Crippen LogP contribution is -2.50. The van der Waals surface area contributed by atoms with Gasteiger partial charge in [0.2, 0.25) is 0 Å². The first-order chi connectivity index (χ1) is 15.1. The zero-order valence-electron chi connectivity index (χ0n) is 16.9. The Bertz CT molecular complexity index is 1030. The summed E-state index contributed by atoms with van der Waals surface area (Å²) in [7, 11) is 0. The van der Waals surface area contributed by atoms with Crippen LogP contribution in [0.3, 0.4) is 0 Å². The highest BCUT2D eigenvalue weighted by atomic mass is 35.5. The molecule has 2 aromatic carbocycles. The van der Waals surface area contributed by atoms with Crippen molar-refractivity contribution >= 4 is 29.1 Å². The number of carbonyl (C=O) groups excluding carboxylic acids is 2. The average molecular weight is 436 g/mol. The number of aromatic nitrogens is 1. The fourth-order valence-corrected chi connectivity index (χ4v) is 3.56. The van der Waals surface area contributed by atoms with Crippen LogP contribution in [0.1, 0.15) is 15.9 Å². The maximum Gasteiger partial charge on any atom is 0.260 e. The van der Waals surface area contributed by atoms with Gasteiger partial charge in [-0.1, -0.05) is 17.7 Å².